The fraction of sp³-hybridized carbons (Fsp3) is 0.333. The molecule has 0 aliphatic heterocycles. The molecule has 1 heterocycles. The molecule has 18 heavy (non-hydrogen) atoms. The van der Waals surface area contributed by atoms with Crippen LogP contribution in [0.4, 0.5) is 0 Å². The Bertz CT molecular complexity index is 527. The average molecular weight is 311 g/mol. The third-order valence-electron chi connectivity index (χ3n) is 2.49. The normalized spacial score (nSPS) is 10.6. The monoisotopic (exact) mass is 310 g/mol. The van der Waals surface area contributed by atoms with Gasteiger partial charge in [0, 0.05) is 23.6 Å². The summed E-state index contributed by atoms with van der Waals surface area (Å²) in [4.78, 5) is 4.16. The third-order valence-corrected chi connectivity index (χ3v) is 2.98. The molecule has 0 unspecified atom stereocenters. The first-order valence-electron chi connectivity index (χ1n) is 5.56. The molecule has 0 spiro atoms. The number of hydrogen-bond acceptors (Lipinski definition) is 4. The van der Waals surface area contributed by atoms with Gasteiger partial charge in [0.1, 0.15) is 12.1 Å². The van der Waals surface area contributed by atoms with Crippen LogP contribution >= 0.6 is 15.9 Å². The Balaban J connectivity index is 1.95. The summed E-state index contributed by atoms with van der Waals surface area (Å²) < 4.78 is 8.04. The topological polar surface area (TPSA) is 52.0 Å². The zero-order valence-electron chi connectivity index (χ0n) is 10.4. The fourth-order valence-electron chi connectivity index (χ4n) is 1.66. The Kier molecular flexibility index (Phi) is 4.33. The van der Waals surface area contributed by atoms with Gasteiger partial charge in [0.15, 0.2) is 5.82 Å². The molecule has 0 fully saturated rings. The first-order chi connectivity index (χ1) is 8.69. The first kappa shape index (κ1) is 13.0. The maximum atomic E-state index is 5.31. The Morgan fingerprint density at radius 3 is 2.89 bits per heavy atom. The van der Waals surface area contributed by atoms with Crippen molar-refractivity contribution in [2.24, 2.45) is 7.05 Å². The van der Waals surface area contributed by atoms with E-state index in [0.29, 0.717) is 13.1 Å². The van der Waals surface area contributed by atoms with Gasteiger partial charge in [-0.2, -0.15) is 5.10 Å². The van der Waals surface area contributed by atoms with Crippen molar-refractivity contribution < 1.29 is 4.74 Å². The van der Waals surface area contributed by atoms with E-state index in [4.69, 9.17) is 4.74 Å². The highest BCUT2D eigenvalue weighted by atomic mass is 79.9. The molecule has 1 aromatic carbocycles. The van der Waals surface area contributed by atoms with E-state index in [1.165, 1.54) is 0 Å². The standard InChI is InChI=1S/C12H15BrN4O/c1-17-8-15-12(16-17)7-14-6-9-5-10(13)3-4-11(9)18-2/h3-5,8,14H,6-7H2,1-2H3. The third kappa shape index (κ3) is 3.30. The molecule has 0 saturated heterocycles. The molecule has 0 aliphatic carbocycles. The highest BCUT2D eigenvalue weighted by Gasteiger charge is 2.04. The van der Waals surface area contributed by atoms with Crippen molar-refractivity contribution >= 4 is 15.9 Å². The van der Waals surface area contributed by atoms with Gasteiger partial charge in [0.05, 0.1) is 13.7 Å². The predicted molar refractivity (Wildman–Crippen MR) is 72.2 cm³/mol. The number of hydrogen-bond donors (Lipinski definition) is 1. The lowest BCUT2D eigenvalue weighted by molar-refractivity contribution is 0.407. The molecule has 1 N–H and O–H groups in total. The zero-order valence-corrected chi connectivity index (χ0v) is 11.9. The molecule has 2 rings (SSSR count). The van der Waals surface area contributed by atoms with E-state index in [1.54, 1.807) is 18.1 Å². The Morgan fingerprint density at radius 2 is 2.22 bits per heavy atom. The Morgan fingerprint density at radius 1 is 1.39 bits per heavy atom. The van der Waals surface area contributed by atoms with E-state index in [9.17, 15) is 0 Å². The number of rotatable bonds is 5. The van der Waals surface area contributed by atoms with Crippen molar-refractivity contribution in [3.8, 4) is 5.75 Å². The van der Waals surface area contributed by atoms with Gasteiger partial charge in [-0.3, -0.25) is 4.68 Å². The summed E-state index contributed by atoms with van der Waals surface area (Å²) in [6.45, 7) is 1.34. The summed E-state index contributed by atoms with van der Waals surface area (Å²) in [6, 6.07) is 5.94. The number of benzene rings is 1. The summed E-state index contributed by atoms with van der Waals surface area (Å²) in [5.41, 5.74) is 1.10. The van der Waals surface area contributed by atoms with Crippen LogP contribution in [0.1, 0.15) is 11.4 Å². The van der Waals surface area contributed by atoms with Gasteiger partial charge < -0.3 is 10.1 Å². The maximum absolute atomic E-state index is 5.31. The zero-order chi connectivity index (χ0) is 13.0. The van der Waals surface area contributed by atoms with Crippen molar-refractivity contribution in [1.82, 2.24) is 20.1 Å². The van der Waals surface area contributed by atoms with Gasteiger partial charge in [-0.05, 0) is 18.2 Å². The van der Waals surface area contributed by atoms with E-state index < -0.39 is 0 Å². The van der Waals surface area contributed by atoms with Gasteiger partial charge in [-0.15, -0.1) is 0 Å². The summed E-state index contributed by atoms with van der Waals surface area (Å²) >= 11 is 3.45. The van der Waals surface area contributed by atoms with Crippen molar-refractivity contribution in [1.29, 1.82) is 0 Å². The second-order valence-corrected chi connectivity index (χ2v) is 4.81. The van der Waals surface area contributed by atoms with Gasteiger partial charge in [0.25, 0.3) is 0 Å². The molecule has 2 aromatic rings. The predicted octanol–water partition coefficient (Wildman–Crippen LogP) is 1.88. The van der Waals surface area contributed by atoms with Crippen molar-refractivity contribution in [2.45, 2.75) is 13.1 Å². The molecule has 0 radical (unpaired) electrons. The summed E-state index contributed by atoms with van der Waals surface area (Å²) in [5, 5.41) is 7.50. The number of aromatic nitrogens is 3. The lowest BCUT2D eigenvalue weighted by Gasteiger charge is -2.09. The lowest BCUT2D eigenvalue weighted by atomic mass is 10.2. The summed E-state index contributed by atoms with van der Waals surface area (Å²) in [6.07, 6.45) is 1.69. The Labute approximate surface area is 114 Å². The van der Waals surface area contributed by atoms with Crippen molar-refractivity contribution in [3.05, 3.63) is 40.4 Å². The highest BCUT2D eigenvalue weighted by molar-refractivity contribution is 9.10. The minimum atomic E-state index is 0.635. The van der Waals surface area contributed by atoms with Crippen molar-refractivity contribution in [2.75, 3.05) is 7.11 Å². The van der Waals surface area contributed by atoms with Gasteiger partial charge in [-0.25, -0.2) is 4.98 Å². The second-order valence-electron chi connectivity index (χ2n) is 3.89. The van der Waals surface area contributed by atoms with E-state index >= 15 is 0 Å². The SMILES string of the molecule is COc1ccc(Br)cc1CNCc1ncn(C)n1. The second kappa shape index (κ2) is 5.97. The highest BCUT2D eigenvalue weighted by Crippen LogP contribution is 2.22. The van der Waals surface area contributed by atoms with Gasteiger partial charge in [-0.1, -0.05) is 15.9 Å². The quantitative estimate of drug-likeness (QED) is 0.916. The summed E-state index contributed by atoms with van der Waals surface area (Å²) in [5.74, 6) is 1.66. The smallest absolute Gasteiger partial charge is 0.164 e. The molecule has 5 nitrogen and oxygen atoms in total. The van der Waals surface area contributed by atoms with Crippen LogP contribution in [-0.2, 0) is 20.1 Å². The van der Waals surface area contributed by atoms with Crippen LogP contribution in [0, 0.1) is 0 Å². The first-order valence-corrected chi connectivity index (χ1v) is 6.36. The van der Waals surface area contributed by atoms with Crippen LogP contribution in [0.25, 0.3) is 0 Å². The minimum absolute atomic E-state index is 0.635. The molecule has 0 atom stereocenters. The number of aryl methyl sites for hydroxylation is 1. The molecule has 96 valence electrons. The molecule has 0 amide bonds. The summed E-state index contributed by atoms with van der Waals surface area (Å²) in [7, 11) is 3.53. The van der Waals surface area contributed by atoms with Crippen LogP contribution in [0.5, 0.6) is 5.75 Å². The number of nitrogens with one attached hydrogen (secondary N) is 1. The molecule has 6 heteroatoms. The lowest BCUT2D eigenvalue weighted by Crippen LogP contribution is -2.14. The molecule has 1 aromatic heterocycles. The number of methoxy groups -OCH3 is 1. The van der Waals surface area contributed by atoms with Crippen LogP contribution in [0.2, 0.25) is 0 Å². The Hall–Kier alpha value is -1.40. The van der Waals surface area contributed by atoms with Crippen LogP contribution in [-0.4, -0.2) is 21.9 Å². The minimum Gasteiger partial charge on any atom is -0.496 e. The number of nitrogens with zero attached hydrogens (tertiary/aromatic N) is 3. The van der Waals surface area contributed by atoms with Crippen molar-refractivity contribution in [3.63, 3.8) is 0 Å². The van der Waals surface area contributed by atoms with E-state index in [2.05, 4.69) is 31.3 Å². The van der Waals surface area contributed by atoms with Crippen LogP contribution < -0.4 is 10.1 Å². The molecular weight excluding hydrogens is 296 g/mol. The van der Waals surface area contributed by atoms with Gasteiger partial charge in [0.2, 0.25) is 0 Å². The van der Waals surface area contributed by atoms with E-state index in [-0.39, 0.29) is 0 Å². The molecule has 0 aliphatic rings. The molecular formula is C12H15BrN4O. The largest absolute Gasteiger partial charge is 0.496 e. The fourth-order valence-corrected chi connectivity index (χ4v) is 2.07. The number of halogens is 1. The van der Waals surface area contributed by atoms with Gasteiger partial charge >= 0.3 is 0 Å². The number of ether oxygens (including phenoxy) is 1. The van der Waals surface area contributed by atoms with E-state index in [0.717, 1.165) is 21.6 Å². The molecule has 0 saturated carbocycles. The van der Waals surface area contributed by atoms with Crippen LogP contribution in [0.3, 0.4) is 0 Å². The van der Waals surface area contributed by atoms with E-state index in [1.807, 2.05) is 25.2 Å². The molecule has 0 bridgehead atoms. The average Bonchev–Trinajstić information content (AvgIpc) is 2.75. The van der Waals surface area contributed by atoms with Crippen LogP contribution in [0.15, 0.2) is 29.0 Å². The maximum Gasteiger partial charge on any atom is 0.164 e.